The number of likely N-dealkylation sites (N-methyl/N-ethyl adjacent to an activating group) is 1. The highest BCUT2D eigenvalue weighted by atomic mass is 35.5. The third kappa shape index (κ3) is 4.82. The molecule has 1 heterocycles. The van der Waals surface area contributed by atoms with Gasteiger partial charge in [-0.2, -0.15) is 0 Å². The van der Waals surface area contributed by atoms with Crippen LogP contribution in [0.3, 0.4) is 0 Å². The van der Waals surface area contributed by atoms with Crippen LogP contribution in [0.2, 0.25) is 0 Å². The smallest absolute Gasteiger partial charge is 0.0933 e. The Labute approximate surface area is 133 Å². The van der Waals surface area contributed by atoms with Crippen LogP contribution in [0.15, 0.2) is 36.5 Å². The zero-order valence-electron chi connectivity index (χ0n) is 12.0. The van der Waals surface area contributed by atoms with Gasteiger partial charge in [-0.3, -0.25) is 4.98 Å². The summed E-state index contributed by atoms with van der Waals surface area (Å²) in [5.41, 5.74) is 2.18. The van der Waals surface area contributed by atoms with Crippen LogP contribution in [0.4, 0.5) is 5.69 Å². The molecular weight excluding hydrogens is 293 g/mol. The molecular formula is C15H23Cl2N3. The van der Waals surface area contributed by atoms with Gasteiger partial charge in [0.1, 0.15) is 0 Å². The first-order chi connectivity index (χ1) is 8.85. The lowest BCUT2D eigenvalue weighted by atomic mass is 10.2. The Balaban J connectivity index is 0.00000180. The summed E-state index contributed by atoms with van der Waals surface area (Å²) in [4.78, 5) is 6.85. The van der Waals surface area contributed by atoms with Crippen LogP contribution in [-0.4, -0.2) is 36.1 Å². The molecule has 1 aromatic carbocycles. The molecule has 0 saturated heterocycles. The van der Waals surface area contributed by atoms with Gasteiger partial charge in [0.25, 0.3) is 0 Å². The van der Waals surface area contributed by atoms with Gasteiger partial charge >= 0.3 is 0 Å². The second-order valence-corrected chi connectivity index (χ2v) is 4.33. The van der Waals surface area contributed by atoms with E-state index in [0.717, 1.165) is 37.4 Å². The lowest BCUT2D eigenvalue weighted by Gasteiger charge is -2.18. The van der Waals surface area contributed by atoms with Crippen molar-refractivity contribution in [3.8, 4) is 0 Å². The highest BCUT2D eigenvalue weighted by Gasteiger charge is 2.02. The van der Waals surface area contributed by atoms with Gasteiger partial charge in [0.15, 0.2) is 0 Å². The molecule has 20 heavy (non-hydrogen) atoms. The number of nitrogens with one attached hydrogen (secondary N) is 1. The van der Waals surface area contributed by atoms with E-state index in [1.165, 1.54) is 5.39 Å². The van der Waals surface area contributed by atoms with E-state index in [1.54, 1.807) is 0 Å². The van der Waals surface area contributed by atoms with Crippen molar-refractivity contribution in [2.24, 2.45) is 0 Å². The molecule has 0 radical (unpaired) electrons. The summed E-state index contributed by atoms with van der Waals surface area (Å²) in [6.45, 7) is 8.62. The summed E-state index contributed by atoms with van der Waals surface area (Å²) in [7, 11) is 0. The molecule has 0 spiro atoms. The lowest BCUT2D eigenvalue weighted by Crippen LogP contribution is -2.28. The molecule has 0 amide bonds. The summed E-state index contributed by atoms with van der Waals surface area (Å²) in [5, 5.41) is 4.67. The quantitative estimate of drug-likeness (QED) is 0.878. The van der Waals surface area contributed by atoms with Crippen molar-refractivity contribution >= 4 is 41.4 Å². The molecule has 1 aromatic heterocycles. The third-order valence-electron chi connectivity index (χ3n) is 3.27. The highest BCUT2D eigenvalue weighted by molar-refractivity contribution is 5.90. The number of hydrogen-bond acceptors (Lipinski definition) is 3. The molecule has 0 bridgehead atoms. The monoisotopic (exact) mass is 315 g/mol. The molecule has 2 rings (SSSR count). The Hall–Kier alpha value is -1.03. The molecule has 112 valence electrons. The molecule has 0 aliphatic rings. The maximum absolute atomic E-state index is 4.44. The molecule has 0 fully saturated rings. The Bertz CT molecular complexity index is 496. The molecule has 5 heteroatoms. The van der Waals surface area contributed by atoms with Gasteiger partial charge in [0.2, 0.25) is 0 Å². The summed E-state index contributed by atoms with van der Waals surface area (Å²) in [6.07, 6.45) is 1.85. The van der Waals surface area contributed by atoms with Gasteiger partial charge in [0, 0.05) is 24.7 Å². The first-order valence-corrected chi connectivity index (χ1v) is 6.65. The third-order valence-corrected chi connectivity index (χ3v) is 3.27. The van der Waals surface area contributed by atoms with E-state index in [9.17, 15) is 0 Å². The Kier molecular flexibility index (Phi) is 9.30. The van der Waals surface area contributed by atoms with Crippen LogP contribution >= 0.6 is 24.8 Å². The number of hydrogen-bond donors (Lipinski definition) is 1. The first kappa shape index (κ1) is 19.0. The van der Waals surface area contributed by atoms with Crippen molar-refractivity contribution in [1.82, 2.24) is 9.88 Å². The number of pyridine rings is 1. The van der Waals surface area contributed by atoms with Crippen LogP contribution in [0.25, 0.3) is 10.9 Å². The van der Waals surface area contributed by atoms with Gasteiger partial charge < -0.3 is 10.2 Å². The van der Waals surface area contributed by atoms with Gasteiger partial charge in [-0.25, -0.2) is 0 Å². The van der Waals surface area contributed by atoms with Crippen LogP contribution in [0.5, 0.6) is 0 Å². The van der Waals surface area contributed by atoms with Crippen LogP contribution < -0.4 is 5.32 Å². The van der Waals surface area contributed by atoms with Crippen molar-refractivity contribution in [3.05, 3.63) is 36.5 Å². The minimum absolute atomic E-state index is 0. The minimum Gasteiger partial charge on any atom is -0.382 e. The SMILES string of the molecule is CCN(CC)CCNc1cccc2cccnc12.Cl.Cl. The van der Waals surface area contributed by atoms with Crippen molar-refractivity contribution in [3.63, 3.8) is 0 Å². The summed E-state index contributed by atoms with van der Waals surface area (Å²) in [5.74, 6) is 0. The zero-order chi connectivity index (χ0) is 12.8. The Morgan fingerprint density at radius 3 is 2.45 bits per heavy atom. The van der Waals surface area contributed by atoms with Crippen molar-refractivity contribution in [1.29, 1.82) is 0 Å². The topological polar surface area (TPSA) is 28.2 Å². The van der Waals surface area contributed by atoms with Gasteiger partial charge in [0.05, 0.1) is 11.2 Å². The number of fused-ring (bicyclic) bond motifs is 1. The second-order valence-electron chi connectivity index (χ2n) is 4.33. The largest absolute Gasteiger partial charge is 0.382 e. The molecule has 0 saturated carbocycles. The predicted molar refractivity (Wildman–Crippen MR) is 92.5 cm³/mol. The summed E-state index contributed by atoms with van der Waals surface area (Å²) < 4.78 is 0. The average Bonchev–Trinajstić information content (AvgIpc) is 2.44. The maximum atomic E-state index is 4.44. The first-order valence-electron chi connectivity index (χ1n) is 6.65. The number of halogens is 2. The van der Waals surface area contributed by atoms with Crippen LogP contribution in [0, 0.1) is 0 Å². The summed E-state index contributed by atoms with van der Waals surface area (Å²) in [6, 6.07) is 10.3. The van der Waals surface area contributed by atoms with E-state index in [2.05, 4.69) is 53.3 Å². The van der Waals surface area contributed by atoms with Crippen molar-refractivity contribution in [2.45, 2.75) is 13.8 Å². The van der Waals surface area contributed by atoms with Crippen molar-refractivity contribution in [2.75, 3.05) is 31.5 Å². The van der Waals surface area contributed by atoms with Gasteiger partial charge in [-0.1, -0.05) is 32.0 Å². The Morgan fingerprint density at radius 2 is 1.75 bits per heavy atom. The molecule has 0 aliphatic carbocycles. The minimum atomic E-state index is 0. The second kappa shape index (κ2) is 9.81. The average molecular weight is 316 g/mol. The molecule has 0 unspecified atom stereocenters. The number of nitrogens with zero attached hydrogens (tertiary/aromatic N) is 2. The molecule has 3 nitrogen and oxygen atoms in total. The van der Waals surface area contributed by atoms with E-state index >= 15 is 0 Å². The number of benzene rings is 1. The number of para-hydroxylation sites is 1. The van der Waals surface area contributed by atoms with Crippen LogP contribution in [-0.2, 0) is 0 Å². The normalized spacial score (nSPS) is 9.95. The lowest BCUT2D eigenvalue weighted by molar-refractivity contribution is 0.316. The highest BCUT2D eigenvalue weighted by Crippen LogP contribution is 2.20. The maximum Gasteiger partial charge on any atom is 0.0933 e. The fraction of sp³-hybridized carbons (Fsp3) is 0.400. The number of anilines is 1. The fourth-order valence-corrected chi connectivity index (χ4v) is 2.14. The zero-order valence-corrected chi connectivity index (χ0v) is 13.6. The van der Waals surface area contributed by atoms with Gasteiger partial charge in [-0.15, -0.1) is 24.8 Å². The molecule has 0 aliphatic heterocycles. The van der Waals surface area contributed by atoms with E-state index in [0.29, 0.717) is 0 Å². The standard InChI is InChI=1S/C15H21N3.2ClH/c1-3-18(4-2)12-11-16-14-9-5-7-13-8-6-10-17-15(13)14;;/h5-10,16H,3-4,11-12H2,1-2H3;2*1H. The van der Waals surface area contributed by atoms with E-state index in [1.807, 2.05) is 12.3 Å². The van der Waals surface area contributed by atoms with E-state index < -0.39 is 0 Å². The fourth-order valence-electron chi connectivity index (χ4n) is 2.14. The van der Waals surface area contributed by atoms with Crippen LogP contribution in [0.1, 0.15) is 13.8 Å². The number of rotatable bonds is 6. The molecule has 2 aromatic rings. The van der Waals surface area contributed by atoms with E-state index in [-0.39, 0.29) is 24.8 Å². The van der Waals surface area contributed by atoms with Gasteiger partial charge in [-0.05, 0) is 25.2 Å². The predicted octanol–water partition coefficient (Wildman–Crippen LogP) is 3.83. The molecule has 1 N–H and O–H groups in total. The molecule has 0 atom stereocenters. The van der Waals surface area contributed by atoms with E-state index in [4.69, 9.17) is 0 Å². The number of aromatic nitrogens is 1. The Morgan fingerprint density at radius 1 is 1.05 bits per heavy atom. The summed E-state index contributed by atoms with van der Waals surface area (Å²) >= 11 is 0. The van der Waals surface area contributed by atoms with Crippen molar-refractivity contribution < 1.29 is 0 Å².